The summed E-state index contributed by atoms with van der Waals surface area (Å²) in [5.74, 6) is -3.18. The summed E-state index contributed by atoms with van der Waals surface area (Å²) in [6.45, 7) is 25.0. The molecule has 5 amide bonds. The molecule has 1 saturated heterocycles. The minimum atomic E-state index is -1.04. The molecule has 4 N–H and O–H groups in total. The molecular weight excluding hydrogens is 1140 g/mol. The Kier molecular flexibility index (Phi) is 29.4. The normalized spacial score (nSPS) is 16.1. The van der Waals surface area contributed by atoms with E-state index in [2.05, 4.69) is 21.3 Å². The lowest BCUT2D eigenvalue weighted by Gasteiger charge is -2.35. The van der Waals surface area contributed by atoms with Gasteiger partial charge >= 0.3 is 30.0 Å². The van der Waals surface area contributed by atoms with Crippen molar-refractivity contribution in [3.8, 4) is 0 Å². The summed E-state index contributed by atoms with van der Waals surface area (Å²) in [7, 11) is 0. The van der Waals surface area contributed by atoms with Crippen molar-refractivity contribution in [3.05, 3.63) is 70.8 Å². The highest BCUT2D eigenvalue weighted by atomic mass is 32.2. The van der Waals surface area contributed by atoms with Crippen LogP contribution in [0.3, 0.4) is 0 Å². The first-order valence-electron chi connectivity index (χ1n) is 30.2. The second-order valence-corrected chi connectivity index (χ2v) is 27.0. The number of unbranched alkanes of at least 4 members (excludes halogenated alkanes) is 1. The van der Waals surface area contributed by atoms with E-state index in [0.717, 1.165) is 16.7 Å². The first-order chi connectivity index (χ1) is 40.7. The van der Waals surface area contributed by atoms with Gasteiger partial charge in [-0.1, -0.05) is 42.5 Å². The molecule has 23 nitrogen and oxygen atoms in total. The summed E-state index contributed by atoms with van der Waals surface area (Å²) in [6.07, 6.45) is 3.03. The Balaban J connectivity index is 1.42. The second-order valence-electron chi connectivity index (χ2n) is 26.0. The van der Waals surface area contributed by atoms with Crippen LogP contribution in [0.1, 0.15) is 136 Å². The van der Waals surface area contributed by atoms with Crippen LogP contribution >= 0.6 is 11.8 Å². The van der Waals surface area contributed by atoms with Crippen molar-refractivity contribution in [2.45, 2.75) is 163 Å². The Bertz CT molecular complexity index is 2550. The fourth-order valence-electron chi connectivity index (χ4n) is 9.54. The zero-order chi connectivity index (χ0) is 64.5. The maximum Gasteiger partial charge on any atom is 0.407 e. The van der Waals surface area contributed by atoms with Crippen LogP contribution in [0.4, 0.5) is 4.79 Å². The maximum absolute atomic E-state index is 14.4. The zero-order valence-electron chi connectivity index (χ0n) is 53.9. The van der Waals surface area contributed by atoms with E-state index in [9.17, 15) is 43.2 Å². The van der Waals surface area contributed by atoms with E-state index in [0.29, 0.717) is 89.5 Å². The second kappa shape index (κ2) is 35.0. The van der Waals surface area contributed by atoms with Crippen LogP contribution in [-0.2, 0) is 76.8 Å². The van der Waals surface area contributed by atoms with Crippen molar-refractivity contribution in [1.82, 2.24) is 45.8 Å². The highest BCUT2D eigenvalue weighted by Gasteiger charge is 2.32. The highest BCUT2D eigenvalue weighted by Crippen LogP contribution is 2.24. The van der Waals surface area contributed by atoms with Crippen molar-refractivity contribution in [3.63, 3.8) is 0 Å². The average Bonchev–Trinajstić information content (AvgIpc) is 1.73. The fraction of sp³-hybridized carbons (Fsp3) is 0.667. The fourth-order valence-corrected chi connectivity index (χ4v) is 10.0. The number of rotatable bonds is 25. The monoisotopic (exact) mass is 1240 g/mol. The molecule has 0 radical (unpaired) electrons. The molecule has 2 aliphatic heterocycles. The highest BCUT2D eigenvalue weighted by molar-refractivity contribution is 7.98. The van der Waals surface area contributed by atoms with Crippen LogP contribution < -0.4 is 21.3 Å². The standard InChI is InChI=1S/C63H99N9O14S/c1-60(2,3)83-53(75)41-69-31-29-68(30-32-70(42-54(76)84-61(4,5)6)34-36-71(35-33-69)43-55(77)85-62(7,8)9)40-52(74)72-28-25-47-46(39-72)22-19-23-48(47)56(78)67-49(26-37-87-13)57(79)65-38-51(73)66-50(58(80)86-63(10,11)12)24-17-18-27-64-59(81)82-44-45-20-15-14-16-21-45/h14-16,19-23,49-50H,17-18,24-44H2,1-13H3,(H,64,81)(H,65,79)(H,66,73)(H,67,78)/t49-,50-/m0/s1. The van der Waals surface area contributed by atoms with E-state index in [4.69, 9.17) is 23.7 Å². The predicted molar refractivity (Wildman–Crippen MR) is 332 cm³/mol. The number of amides is 5. The lowest BCUT2D eigenvalue weighted by molar-refractivity contribution is -0.159. The molecule has 0 aromatic heterocycles. The van der Waals surface area contributed by atoms with E-state index >= 15 is 0 Å². The molecule has 0 unspecified atom stereocenters. The van der Waals surface area contributed by atoms with Gasteiger partial charge in [0.15, 0.2) is 0 Å². The Morgan fingerprint density at radius 1 is 0.552 bits per heavy atom. The van der Waals surface area contributed by atoms with Gasteiger partial charge in [0.1, 0.15) is 41.1 Å². The van der Waals surface area contributed by atoms with Crippen LogP contribution in [0.2, 0.25) is 0 Å². The number of hydrogen-bond donors (Lipinski definition) is 4. The quantitative estimate of drug-likeness (QED) is 0.0596. The third-order valence-electron chi connectivity index (χ3n) is 13.6. The van der Waals surface area contributed by atoms with Gasteiger partial charge in [-0.25, -0.2) is 9.59 Å². The number of carbonyl (C=O) groups is 9. The van der Waals surface area contributed by atoms with Gasteiger partial charge in [-0.2, -0.15) is 11.8 Å². The summed E-state index contributed by atoms with van der Waals surface area (Å²) < 4.78 is 28.0. The zero-order valence-corrected chi connectivity index (χ0v) is 54.7. The molecule has 24 heteroatoms. The molecule has 2 aromatic rings. The molecule has 0 bridgehead atoms. The van der Waals surface area contributed by atoms with Gasteiger partial charge in [0.25, 0.3) is 5.91 Å². The topological polar surface area (TPSA) is 264 Å². The number of benzene rings is 2. The minimum Gasteiger partial charge on any atom is -0.459 e. The molecule has 0 aliphatic carbocycles. The van der Waals surface area contributed by atoms with E-state index in [1.807, 2.05) is 125 Å². The van der Waals surface area contributed by atoms with Crippen LogP contribution in [0.5, 0.6) is 0 Å². The number of nitrogens with one attached hydrogen (secondary N) is 4. The molecule has 0 saturated carbocycles. The molecule has 2 atom stereocenters. The summed E-state index contributed by atoms with van der Waals surface area (Å²) in [5, 5.41) is 10.9. The Labute approximate surface area is 519 Å². The van der Waals surface area contributed by atoms with Crippen LogP contribution in [-0.4, -0.2) is 223 Å². The van der Waals surface area contributed by atoms with Crippen LogP contribution in [0, 0.1) is 0 Å². The number of nitrogens with zero attached hydrogens (tertiary/aromatic N) is 5. The molecule has 2 aliphatic rings. The first kappa shape index (κ1) is 73.1. The number of fused-ring (bicyclic) bond motifs is 1. The number of ether oxygens (including phenoxy) is 5. The smallest absolute Gasteiger partial charge is 0.407 e. The molecule has 4 rings (SSSR count). The molecule has 2 aromatic carbocycles. The molecule has 87 heavy (non-hydrogen) atoms. The lowest BCUT2D eigenvalue weighted by Crippen LogP contribution is -2.51. The van der Waals surface area contributed by atoms with Gasteiger partial charge in [-0.3, -0.25) is 53.2 Å². The van der Waals surface area contributed by atoms with Gasteiger partial charge in [-0.15, -0.1) is 0 Å². The number of alkyl carbamates (subject to hydrolysis) is 1. The third kappa shape index (κ3) is 29.9. The molecule has 1 fully saturated rings. The van der Waals surface area contributed by atoms with Crippen molar-refractivity contribution < 1.29 is 66.8 Å². The number of hydrogen-bond acceptors (Lipinski definition) is 19. The van der Waals surface area contributed by atoms with Crippen molar-refractivity contribution in [2.75, 3.05) is 110 Å². The molecule has 0 spiro atoms. The van der Waals surface area contributed by atoms with Gasteiger partial charge in [-0.05, 0) is 150 Å². The largest absolute Gasteiger partial charge is 0.459 e. The maximum atomic E-state index is 14.4. The van der Waals surface area contributed by atoms with Gasteiger partial charge in [0.2, 0.25) is 17.7 Å². The Morgan fingerprint density at radius 3 is 1.55 bits per heavy atom. The lowest BCUT2D eigenvalue weighted by atomic mass is 9.93. The third-order valence-corrected chi connectivity index (χ3v) is 14.2. The van der Waals surface area contributed by atoms with Crippen LogP contribution in [0.25, 0.3) is 0 Å². The van der Waals surface area contributed by atoms with Gasteiger partial charge in [0.05, 0.1) is 32.7 Å². The van der Waals surface area contributed by atoms with Gasteiger partial charge in [0, 0.05) is 77.6 Å². The first-order valence-corrected chi connectivity index (χ1v) is 31.6. The van der Waals surface area contributed by atoms with Crippen molar-refractivity contribution in [2.24, 2.45) is 0 Å². The van der Waals surface area contributed by atoms with Crippen molar-refractivity contribution in [1.29, 1.82) is 0 Å². The summed E-state index contributed by atoms with van der Waals surface area (Å²) in [6, 6.07) is 12.5. The Morgan fingerprint density at radius 2 is 1.06 bits per heavy atom. The number of esters is 4. The Hall–Kier alpha value is -6.34. The molecule has 486 valence electrons. The average molecular weight is 1240 g/mol. The van der Waals surface area contributed by atoms with E-state index in [1.165, 1.54) is 11.8 Å². The summed E-state index contributed by atoms with van der Waals surface area (Å²) in [5.41, 5.74) is -0.209. The SMILES string of the molecule is CSCC[C@H](NC(=O)c1cccc2c1CCN(C(=O)CN1CCN(CC(=O)OC(C)(C)C)CCN(CC(=O)OC(C)(C)C)CCN(CC(=O)OC(C)(C)C)CC1)C2)C(=O)NCC(=O)N[C@@H](CCCCNC(=O)OCc1ccccc1)C(=O)OC(C)(C)C. The van der Waals surface area contributed by atoms with Gasteiger partial charge < -0.3 is 49.9 Å². The molecule has 2 heterocycles. The number of thioether (sulfide) groups is 1. The van der Waals surface area contributed by atoms with E-state index < -0.39 is 88.7 Å². The van der Waals surface area contributed by atoms with Crippen molar-refractivity contribution >= 4 is 65.4 Å². The minimum absolute atomic E-state index is 0.00445. The number of carbonyl (C=O) groups excluding carboxylic acids is 9. The van der Waals surface area contributed by atoms with Crippen LogP contribution in [0.15, 0.2) is 48.5 Å². The molecular formula is C63H99N9O14S. The van der Waals surface area contributed by atoms with E-state index in [-0.39, 0.29) is 64.6 Å². The van der Waals surface area contributed by atoms with E-state index in [1.54, 1.807) is 37.8 Å². The predicted octanol–water partition coefficient (Wildman–Crippen LogP) is 4.71. The summed E-state index contributed by atoms with van der Waals surface area (Å²) >= 11 is 1.49. The summed E-state index contributed by atoms with van der Waals surface area (Å²) in [4.78, 5) is 131.